The zero-order chi connectivity index (χ0) is 13.7. The van der Waals surface area contributed by atoms with Crippen LogP contribution in [0.15, 0.2) is 18.3 Å². The number of carbonyl (C=O) groups excluding carboxylic acids is 1. The van der Waals surface area contributed by atoms with Gasteiger partial charge in [-0.25, -0.2) is 4.98 Å². The van der Waals surface area contributed by atoms with E-state index >= 15 is 0 Å². The molecule has 0 radical (unpaired) electrons. The molecule has 1 amide bonds. The first-order chi connectivity index (χ1) is 9.13. The second kappa shape index (κ2) is 6.02. The van der Waals surface area contributed by atoms with Crippen LogP contribution in [0.3, 0.4) is 0 Å². The monoisotopic (exact) mass is 263 g/mol. The van der Waals surface area contributed by atoms with Crippen molar-refractivity contribution < 1.29 is 9.53 Å². The topological polar surface area (TPSA) is 63.2 Å². The van der Waals surface area contributed by atoms with E-state index in [-0.39, 0.29) is 11.5 Å². The SMILES string of the molecule is CCNc1ccc(C(=O)NCC2(C)CCCO2)cn1. The summed E-state index contributed by atoms with van der Waals surface area (Å²) in [5.41, 5.74) is 0.357. The smallest absolute Gasteiger partial charge is 0.252 e. The minimum absolute atomic E-state index is 0.104. The van der Waals surface area contributed by atoms with Crippen molar-refractivity contribution in [3.63, 3.8) is 0 Å². The molecule has 0 aliphatic carbocycles. The Morgan fingerprint density at radius 2 is 2.37 bits per heavy atom. The molecule has 0 bridgehead atoms. The van der Waals surface area contributed by atoms with Gasteiger partial charge in [0.1, 0.15) is 5.82 Å². The first kappa shape index (κ1) is 13.8. The highest BCUT2D eigenvalue weighted by atomic mass is 16.5. The summed E-state index contributed by atoms with van der Waals surface area (Å²) in [5, 5.41) is 6.00. The van der Waals surface area contributed by atoms with Crippen LogP contribution in [-0.2, 0) is 4.74 Å². The Bertz CT molecular complexity index is 425. The molecule has 1 aliphatic heterocycles. The van der Waals surface area contributed by atoms with E-state index in [0.717, 1.165) is 31.8 Å². The molecule has 5 nitrogen and oxygen atoms in total. The Balaban J connectivity index is 1.88. The van der Waals surface area contributed by atoms with Crippen LogP contribution in [0.25, 0.3) is 0 Å². The molecule has 5 heteroatoms. The van der Waals surface area contributed by atoms with Gasteiger partial charge >= 0.3 is 0 Å². The minimum Gasteiger partial charge on any atom is -0.373 e. The summed E-state index contributed by atoms with van der Waals surface area (Å²) in [6.07, 6.45) is 3.64. The number of rotatable bonds is 5. The summed E-state index contributed by atoms with van der Waals surface area (Å²) < 4.78 is 5.64. The summed E-state index contributed by atoms with van der Waals surface area (Å²) >= 11 is 0. The fourth-order valence-electron chi connectivity index (χ4n) is 2.16. The minimum atomic E-state index is -0.215. The molecule has 104 valence electrons. The zero-order valence-corrected chi connectivity index (χ0v) is 11.5. The molecule has 1 atom stereocenters. The zero-order valence-electron chi connectivity index (χ0n) is 11.5. The molecule has 2 N–H and O–H groups in total. The molecule has 2 heterocycles. The van der Waals surface area contributed by atoms with Crippen LogP contribution in [0, 0.1) is 0 Å². The van der Waals surface area contributed by atoms with Gasteiger partial charge in [0.15, 0.2) is 0 Å². The molecule has 2 rings (SSSR count). The van der Waals surface area contributed by atoms with E-state index in [1.165, 1.54) is 0 Å². The Labute approximate surface area is 113 Å². The lowest BCUT2D eigenvalue weighted by molar-refractivity contribution is 0.0206. The molecular weight excluding hydrogens is 242 g/mol. The molecule has 0 saturated carbocycles. The predicted octanol–water partition coefficient (Wildman–Crippen LogP) is 1.81. The van der Waals surface area contributed by atoms with Gasteiger partial charge < -0.3 is 15.4 Å². The van der Waals surface area contributed by atoms with E-state index < -0.39 is 0 Å². The van der Waals surface area contributed by atoms with E-state index in [4.69, 9.17) is 4.74 Å². The van der Waals surface area contributed by atoms with Gasteiger partial charge in [-0.3, -0.25) is 4.79 Å². The lowest BCUT2D eigenvalue weighted by atomic mass is 10.0. The van der Waals surface area contributed by atoms with Gasteiger partial charge in [0.05, 0.1) is 11.2 Å². The second-order valence-electron chi connectivity index (χ2n) is 5.05. The van der Waals surface area contributed by atoms with Crippen LogP contribution < -0.4 is 10.6 Å². The third kappa shape index (κ3) is 3.67. The number of pyridine rings is 1. The average molecular weight is 263 g/mol. The number of aromatic nitrogens is 1. The first-order valence-corrected chi connectivity index (χ1v) is 6.75. The number of ether oxygens (including phenoxy) is 1. The molecule has 0 spiro atoms. The van der Waals surface area contributed by atoms with Crippen molar-refractivity contribution in [2.24, 2.45) is 0 Å². The van der Waals surface area contributed by atoms with Gasteiger partial charge in [-0.2, -0.15) is 0 Å². The van der Waals surface area contributed by atoms with Crippen LogP contribution in [0.5, 0.6) is 0 Å². The Kier molecular flexibility index (Phi) is 4.37. The fourth-order valence-corrected chi connectivity index (χ4v) is 2.16. The van der Waals surface area contributed by atoms with E-state index in [0.29, 0.717) is 12.1 Å². The lowest BCUT2D eigenvalue weighted by Crippen LogP contribution is -2.40. The van der Waals surface area contributed by atoms with Crippen molar-refractivity contribution in [1.82, 2.24) is 10.3 Å². The average Bonchev–Trinajstić information content (AvgIpc) is 2.85. The number of carbonyl (C=O) groups is 1. The molecule has 1 aliphatic rings. The molecule has 19 heavy (non-hydrogen) atoms. The van der Waals surface area contributed by atoms with E-state index in [1.54, 1.807) is 12.3 Å². The van der Waals surface area contributed by atoms with Gasteiger partial charge in [-0.05, 0) is 38.8 Å². The highest BCUT2D eigenvalue weighted by Crippen LogP contribution is 2.23. The third-order valence-corrected chi connectivity index (χ3v) is 3.31. The Hall–Kier alpha value is -1.62. The molecule has 1 fully saturated rings. The standard InChI is InChI=1S/C14H21N3O2/c1-3-15-12-6-5-11(9-16-12)13(18)17-10-14(2)7-4-8-19-14/h5-6,9H,3-4,7-8,10H2,1-2H3,(H,15,16)(H,17,18). The maximum atomic E-state index is 12.0. The summed E-state index contributed by atoms with van der Waals surface area (Å²) in [7, 11) is 0. The number of amides is 1. The van der Waals surface area contributed by atoms with Crippen molar-refractivity contribution in [2.75, 3.05) is 25.0 Å². The number of hydrogen-bond acceptors (Lipinski definition) is 4. The highest BCUT2D eigenvalue weighted by molar-refractivity contribution is 5.94. The van der Waals surface area contributed by atoms with Crippen molar-refractivity contribution in [3.8, 4) is 0 Å². The van der Waals surface area contributed by atoms with Gasteiger partial charge in [0, 0.05) is 25.9 Å². The van der Waals surface area contributed by atoms with Crippen molar-refractivity contribution >= 4 is 11.7 Å². The molecule has 1 saturated heterocycles. The normalized spacial score (nSPS) is 22.2. The van der Waals surface area contributed by atoms with E-state index in [9.17, 15) is 4.79 Å². The van der Waals surface area contributed by atoms with Crippen molar-refractivity contribution in [2.45, 2.75) is 32.3 Å². The largest absolute Gasteiger partial charge is 0.373 e. The summed E-state index contributed by atoms with van der Waals surface area (Å²) in [6.45, 7) is 6.18. The van der Waals surface area contributed by atoms with E-state index in [1.807, 2.05) is 19.9 Å². The molecular formula is C14H21N3O2. The summed E-state index contributed by atoms with van der Waals surface area (Å²) in [4.78, 5) is 16.2. The number of anilines is 1. The van der Waals surface area contributed by atoms with Gasteiger partial charge in [-0.1, -0.05) is 0 Å². The predicted molar refractivity (Wildman–Crippen MR) is 74.3 cm³/mol. The van der Waals surface area contributed by atoms with Gasteiger partial charge in [0.25, 0.3) is 5.91 Å². The van der Waals surface area contributed by atoms with E-state index in [2.05, 4.69) is 15.6 Å². The summed E-state index contributed by atoms with van der Waals surface area (Å²) in [5.74, 6) is 0.678. The van der Waals surface area contributed by atoms with Crippen LogP contribution in [0.2, 0.25) is 0 Å². The molecule has 1 aromatic rings. The highest BCUT2D eigenvalue weighted by Gasteiger charge is 2.30. The number of nitrogens with one attached hydrogen (secondary N) is 2. The molecule has 1 aromatic heterocycles. The third-order valence-electron chi connectivity index (χ3n) is 3.31. The van der Waals surface area contributed by atoms with Gasteiger partial charge in [0.2, 0.25) is 0 Å². The number of hydrogen-bond donors (Lipinski definition) is 2. The van der Waals surface area contributed by atoms with Gasteiger partial charge in [-0.15, -0.1) is 0 Å². The Morgan fingerprint density at radius 3 is 2.95 bits per heavy atom. The van der Waals surface area contributed by atoms with Crippen LogP contribution in [-0.4, -0.2) is 36.2 Å². The Morgan fingerprint density at radius 1 is 1.53 bits per heavy atom. The van der Waals surface area contributed by atoms with Crippen LogP contribution >= 0.6 is 0 Å². The van der Waals surface area contributed by atoms with Crippen molar-refractivity contribution in [1.29, 1.82) is 0 Å². The quantitative estimate of drug-likeness (QED) is 0.850. The fraction of sp³-hybridized carbons (Fsp3) is 0.571. The molecule has 1 unspecified atom stereocenters. The van der Waals surface area contributed by atoms with Crippen molar-refractivity contribution in [3.05, 3.63) is 23.9 Å². The maximum Gasteiger partial charge on any atom is 0.252 e. The summed E-state index contributed by atoms with van der Waals surface area (Å²) in [6, 6.07) is 3.59. The van der Waals surface area contributed by atoms with Crippen LogP contribution in [0.1, 0.15) is 37.0 Å². The maximum absolute atomic E-state index is 12.0. The van der Waals surface area contributed by atoms with Crippen LogP contribution in [0.4, 0.5) is 5.82 Å². The first-order valence-electron chi connectivity index (χ1n) is 6.75. The number of nitrogens with zero attached hydrogens (tertiary/aromatic N) is 1. The lowest BCUT2D eigenvalue weighted by Gasteiger charge is -2.23. The second-order valence-corrected chi connectivity index (χ2v) is 5.05. The molecule has 0 aromatic carbocycles.